The Balaban J connectivity index is 1.88. The van der Waals surface area contributed by atoms with Gasteiger partial charge in [0.05, 0.1) is 17.6 Å². The van der Waals surface area contributed by atoms with Crippen LogP contribution in [0.3, 0.4) is 0 Å². The number of nitrogens with one attached hydrogen (secondary N) is 1. The third kappa shape index (κ3) is 3.47. The SMILES string of the molecule is CCCCn1c(Nc2ccc(OCC)cc2)nc2ccccc21. The summed E-state index contributed by atoms with van der Waals surface area (Å²) < 4.78 is 7.75. The van der Waals surface area contributed by atoms with Crippen LogP contribution in [0.25, 0.3) is 11.0 Å². The molecule has 3 rings (SSSR count). The number of benzene rings is 2. The minimum atomic E-state index is 0.680. The second kappa shape index (κ2) is 7.18. The average molecular weight is 309 g/mol. The van der Waals surface area contributed by atoms with Gasteiger partial charge in [-0.15, -0.1) is 0 Å². The van der Waals surface area contributed by atoms with Gasteiger partial charge in [0, 0.05) is 12.2 Å². The first-order valence-corrected chi connectivity index (χ1v) is 8.27. The van der Waals surface area contributed by atoms with Gasteiger partial charge < -0.3 is 14.6 Å². The first-order valence-electron chi connectivity index (χ1n) is 8.27. The summed E-state index contributed by atoms with van der Waals surface area (Å²) in [6.45, 7) is 5.84. The summed E-state index contributed by atoms with van der Waals surface area (Å²) in [6.07, 6.45) is 2.30. The zero-order valence-corrected chi connectivity index (χ0v) is 13.7. The highest BCUT2D eigenvalue weighted by molar-refractivity contribution is 5.79. The van der Waals surface area contributed by atoms with E-state index in [0.717, 1.165) is 42.3 Å². The van der Waals surface area contributed by atoms with Gasteiger partial charge >= 0.3 is 0 Å². The molecule has 0 unspecified atom stereocenters. The number of hydrogen-bond donors (Lipinski definition) is 1. The minimum absolute atomic E-state index is 0.680. The molecule has 120 valence electrons. The molecule has 1 aromatic heterocycles. The number of hydrogen-bond acceptors (Lipinski definition) is 3. The third-order valence-corrected chi connectivity index (χ3v) is 3.81. The number of aryl methyl sites for hydroxylation is 1. The monoisotopic (exact) mass is 309 g/mol. The molecule has 0 bridgehead atoms. The highest BCUT2D eigenvalue weighted by atomic mass is 16.5. The number of rotatable bonds is 7. The molecule has 0 atom stereocenters. The van der Waals surface area contributed by atoms with Crippen molar-refractivity contribution in [2.24, 2.45) is 0 Å². The van der Waals surface area contributed by atoms with Gasteiger partial charge in [0.25, 0.3) is 0 Å². The van der Waals surface area contributed by atoms with E-state index in [-0.39, 0.29) is 0 Å². The summed E-state index contributed by atoms with van der Waals surface area (Å²) in [5.74, 6) is 1.78. The highest BCUT2D eigenvalue weighted by Crippen LogP contribution is 2.24. The van der Waals surface area contributed by atoms with Crippen LogP contribution in [0.1, 0.15) is 26.7 Å². The van der Waals surface area contributed by atoms with E-state index < -0.39 is 0 Å². The lowest BCUT2D eigenvalue weighted by atomic mass is 10.3. The van der Waals surface area contributed by atoms with E-state index in [2.05, 4.69) is 35.0 Å². The molecule has 3 aromatic rings. The molecule has 0 aliphatic heterocycles. The van der Waals surface area contributed by atoms with E-state index in [4.69, 9.17) is 9.72 Å². The van der Waals surface area contributed by atoms with Crippen LogP contribution in [0.4, 0.5) is 11.6 Å². The lowest BCUT2D eigenvalue weighted by Crippen LogP contribution is -2.04. The van der Waals surface area contributed by atoms with Crippen molar-refractivity contribution in [2.45, 2.75) is 33.2 Å². The molecule has 1 heterocycles. The number of nitrogens with zero attached hydrogens (tertiary/aromatic N) is 2. The van der Waals surface area contributed by atoms with Crippen LogP contribution in [-0.4, -0.2) is 16.2 Å². The molecule has 0 radical (unpaired) electrons. The van der Waals surface area contributed by atoms with E-state index in [9.17, 15) is 0 Å². The number of fused-ring (bicyclic) bond motifs is 1. The van der Waals surface area contributed by atoms with Crippen molar-refractivity contribution < 1.29 is 4.74 Å². The molecule has 4 nitrogen and oxygen atoms in total. The number of imidazole rings is 1. The normalized spacial score (nSPS) is 10.9. The van der Waals surface area contributed by atoms with Crippen molar-refractivity contribution in [2.75, 3.05) is 11.9 Å². The van der Waals surface area contributed by atoms with Crippen LogP contribution >= 0.6 is 0 Å². The first kappa shape index (κ1) is 15.4. The van der Waals surface area contributed by atoms with Crippen molar-refractivity contribution in [3.05, 3.63) is 48.5 Å². The van der Waals surface area contributed by atoms with Crippen molar-refractivity contribution >= 4 is 22.7 Å². The fourth-order valence-electron chi connectivity index (χ4n) is 2.64. The molecule has 0 saturated carbocycles. The zero-order valence-electron chi connectivity index (χ0n) is 13.7. The lowest BCUT2D eigenvalue weighted by molar-refractivity contribution is 0.340. The second-order valence-corrected chi connectivity index (χ2v) is 5.51. The minimum Gasteiger partial charge on any atom is -0.494 e. The van der Waals surface area contributed by atoms with Gasteiger partial charge in [-0.2, -0.15) is 0 Å². The summed E-state index contributed by atoms with van der Waals surface area (Å²) in [7, 11) is 0. The Morgan fingerprint density at radius 2 is 1.83 bits per heavy atom. The molecular formula is C19H23N3O. The third-order valence-electron chi connectivity index (χ3n) is 3.81. The van der Waals surface area contributed by atoms with E-state index >= 15 is 0 Å². The molecule has 0 fully saturated rings. The van der Waals surface area contributed by atoms with Gasteiger partial charge in [-0.3, -0.25) is 0 Å². The Morgan fingerprint density at radius 1 is 1.04 bits per heavy atom. The molecule has 0 spiro atoms. The smallest absolute Gasteiger partial charge is 0.208 e. The van der Waals surface area contributed by atoms with Crippen LogP contribution in [0.15, 0.2) is 48.5 Å². The van der Waals surface area contributed by atoms with Gasteiger partial charge in [0.1, 0.15) is 5.75 Å². The Kier molecular flexibility index (Phi) is 4.81. The van der Waals surface area contributed by atoms with Crippen molar-refractivity contribution in [1.82, 2.24) is 9.55 Å². The number of para-hydroxylation sites is 2. The van der Waals surface area contributed by atoms with Gasteiger partial charge in [-0.05, 0) is 49.7 Å². The molecule has 0 aliphatic carbocycles. The van der Waals surface area contributed by atoms with Gasteiger partial charge in [-0.25, -0.2) is 4.98 Å². The highest BCUT2D eigenvalue weighted by Gasteiger charge is 2.10. The van der Waals surface area contributed by atoms with Gasteiger partial charge in [0.2, 0.25) is 5.95 Å². The van der Waals surface area contributed by atoms with Crippen LogP contribution in [-0.2, 0) is 6.54 Å². The fraction of sp³-hybridized carbons (Fsp3) is 0.316. The molecule has 23 heavy (non-hydrogen) atoms. The van der Waals surface area contributed by atoms with Crippen molar-refractivity contribution in [1.29, 1.82) is 0 Å². The summed E-state index contributed by atoms with van der Waals surface area (Å²) in [6, 6.07) is 16.3. The van der Waals surface area contributed by atoms with Gasteiger partial charge in [-0.1, -0.05) is 25.5 Å². The van der Waals surface area contributed by atoms with E-state index in [1.54, 1.807) is 0 Å². The zero-order chi connectivity index (χ0) is 16.1. The Labute approximate surface area is 137 Å². The summed E-state index contributed by atoms with van der Waals surface area (Å²) >= 11 is 0. The molecule has 0 aliphatic rings. The topological polar surface area (TPSA) is 39.1 Å². The maximum Gasteiger partial charge on any atom is 0.208 e. The lowest BCUT2D eigenvalue weighted by Gasteiger charge is -2.11. The molecule has 2 aromatic carbocycles. The predicted molar refractivity (Wildman–Crippen MR) is 95.5 cm³/mol. The maximum absolute atomic E-state index is 5.49. The molecular weight excluding hydrogens is 286 g/mol. The Bertz CT molecular complexity index is 762. The van der Waals surface area contributed by atoms with E-state index in [1.807, 2.05) is 37.3 Å². The van der Waals surface area contributed by atoms with Crippen LogP contribution in [0.2, 0.25) is 0 Å². The predicted octanol–water partition coefficient (Wildman–Crippen LogP) is 4.98. The Morgan fingerprint density at radius 3 is 2.57 bits per heavy atom. The van der Waals surface area contributed by atoms with Crippen molar-refractivity contribution in [3.63, 3.8) is 0 Å². The fourth-order valence-corrected chi connectivity index (χ4v) is 2.64. The van der Waals surface area contributed by atoms with Crippen LogP contribution < -0.4 is 10.1 Å². The number of aromatic nitrogens is 2. The first-order chi connectivity index (χ1) is 11.3. The second-order valence-electron chi connectivity index (χ2n) is 5.51. The summed E-state index contributed by atoms with van der Waals surface area (Å²) in [5.41, 5.74) is 3.22. The maximum atomic E-state index is 5.49. The van der Waals surface area contributed by atoms with Crippen LogP contribution in [0.5, 0.6) is 5.75 Å². The molecule has 0 amide bonds. The average Bonchev–Trinajstić information content (AvgIpc) is 2.92. The molecule has 1 N–H and O–H groups in total. The number of unbranched alkanes of at least 4 members (excludes halogenated alkanes) is 1. The molecule has 4 heteroatoms. The van der Waals surface area contributed by atoms with E-state index in [0.29, 0.717) is 6.61 Å². The number of anilines is 2. The number of ether oxygens (including phenoxy) is 1. The van der Waals surface area contributed by atoms with Crippen LogP contribution in [0, 0.1) is 0 Å². The standard InChI is InChI=1S/C19H23N3O/c1-3-5-14-22-18-9-7-6-8-17(18)21-19(22)20-15-10-12-16(13-11-15)23-4-2/h6-13H,3-5,14H2,1-2H3,(H,20,21). The summed E-state index contributed by atoms with van der Waals surface area (Å²) in [4.78, 5) is 4.74. The van der Waals surface area contributed by atoms with E-state index in [1.165, 1.54) is 5.52 Å². The molecule has 0 saturated heterocycles. The Hall–Kier alpha value is -2.49. The van der Waals surface area contributed by atoms with Crippen molar-refractivity contribution in [3.8, 4) is 5.75 Å². The van der Waals surface area contributed by atoms with Gasteiger partial charge in [0.15, 0.2) is 0 Å². The summed E-state index contributed by atoms with van der Waals surface area (Å²) in [5, 5.41) is 3.44. The quantitative estimate of drug-likeness (QED) is 0.669. The largest absolute Gasteiger partial charge is 0.494 e.